The van der Waals surface area contributed by atoms with Crippen molar-refractivity contribution in [2.75, 3.05) is 14.2 Å². The Morgan fingerprint density at radius 3 is 2.38 bits per heavy atom. The van der Waals surface area contributed by atoms with E-state index in [9.17, 15) is 9.59 Å². The zero-order valence-corrected chi connectivity index (χ0v) is 11.8. The van der Waals surface area contributed by atoms with Gasteiger partial charge in [0.2, 0.25) is 5.78 Å². The molecule has 2 rings (SSSR count). The van der Waals surface area contributed by atoms with Crippen LogP contribution in [0.2, 0.25) is 0 Å². The second-order valence-electron chi connectivity index (χ2n) is 4.19. The molecule has 21 heavy (non-hydrogen) atoms. The maximum absolute atomic E-state index is 12.5. The molecular formula is C16H15NO4. The van der Waals surface area contributed by atoms with Gasteiger partial charge in [-0.05, 0) is 12.1 Å². The molecule has 0 aliphatic rings. The van der Waals surface area contributed by atoms with Crippen molar-refractivity contribution in [3.05, 3.63) is 66.2 Å². The molecule has 0 aliphatic carbocycles. The summed E-state index contributed by atoms with van der Waals surface area (Å²) in [5, 5.41) is 0. The summed E-state index contributed by atoms with van der Waals surface area (Å²) in [5.41, 5.74) is 1.03. The highest BCUT2D eigenvalue weighted by Crippen LogP contribution is 2.16. The standard InChI is InChI=1S/C16H15NO4/c1-20-11-14(16(19)21-2)17-10-6-9-13(17)15(18)12-7-4-3-5-8-12/h3-11H,1-2H3/b14-11-. The number of rotatable bonds is 5. The van der Waals surface area contributed by atoms with Crippen LogP contribution in [0.15, 0.2) is 54.9 Å². The van der Waals surface area contributed by atoms with Crippen LogP contribution in [0, 0.1) is 0 Å². The smallest absolute Gasteiger partial charge is 0.358 e. The van der Waals surface area contributed by atoms with Gasteiger partial charge >= 0.3 is 5.97 Å². The van der Waals surface area contributed by atoms with Crippen molar-refractivity contribution >= 4 is 17.4 Å². The average molecular weight is 285 g/mol. The molecule has 1 aromatic carbocycles. The van der Waals surface area contributed by atoms with E-state index >= 15 is 0 Å². The third-order valence-corrected chi connectivity index (χ3v) is 2.90. The summed E-state index contributed by atoms with van der Waals surface area (Å²) in [6.07, 6.45) is 2.85. The number of carbonyl (C=O) groups excluding carboxylic acids is 2. The molecule has 108 valence electrons. The Hall–Kier alpha value is -2.82. The maximum Gasteiger partial charge on any atom is 0.358 e. The van der Waals surface area contributed by atoms with Crippen molar-refractivity contribution in [2.24, 2.45) is 0 Å². The monoisotopic (exact) mass is 285 g/mol. The Morgan fingerprint density at radius 1 is 1.05 bits per heavy atom. The van der Waals surface area contributed by atoms with Crippen LogP contribution in [0.4, 0.5) is 0 Å². The van der Waals surface area contributed by atoms with E-state index in [1.807, 2.05) is 6.07 Å². The molecule has 0 radical (unpaired) electrons. The first-order valence-corrected chi connectivity index (χ1v) is 6.27. The molecule has 2 aromatic rings. The van der Waals surface area contributed by atoms with Gasteiger partial charge in [-0.1, -0.05) is 30.3 Å². The highest BCUT2D eigenvalue weighted by molar-refractivity contribution is 6.14. The first kappa shape index (κ1) is 14.6. The Balaban J connectivity index is 2.45. The van der Waals surface area contributed by atoms with Crippen molar-refractivity contribution < 1.29 is 19.1 Å². The van der Waals surface area contributed by atoms with Gasteiger partial charge in [-0.3, -0.25) is 4.79 Å². The number of hydrogen-bond donors (Lipinski definition) is 0. The minimum atomic E-state index is -0.588. The van der Waals surface area contributed by atoms with E-state index in [0.29, 0.717) is 11.3 Å². The fourth-order valence-electron chi connectivity index (χ4n) is 1.93. The molecular weight excluding hydrogens is 270 g/mol. The lowest BCUT2D eigenvalue weighted by molar-refractivity contribution is -0.134. The molecule has 0 spiro atoms. The summed E-state index contributed by atoms with van der Waals surface area (Å²) in [4.78, 5) is 24.3. The van der Waals surface area contributed by atoms with E-state index in [-0.39, 0.29) is 11.5 Å². The highest BCUT2D eigenvalue weighted by atomic mass is 16.5. The molecule has 1 heterocycles. The van der Waals surface area contributed by atoms with Gasteiger partial charge in [0.05, 0.1) is 19.9 Å². The fourth-order valence-corrected chi connectivity index (χ4v) is 1.93. The minimum Gasteiger partial charge on any atom is -0.502 e. The van der Waals surface area contributed by atoms with Gasteiger partial charge in [-0.15, -0.1) is 0 Å². The van der Waals surface area contributed by atoms with Crippen LogP contribution in [0.25, 0.3) is 5.70 Å². The van der Waals surface area contributed by atoms with E-state index in [0.717, 1.165) is 0 Å². The van der Waals surface area contributed by atoms with E-state index in [1.54, 1.807) is 42.6 Å². The third-order valence-electron chi connectivity index (χ3n) is 2.90. The fraction of sp³-hybridized carbons (Fsp3) is 0.125. The van der Waals surface area contributed by atoms with Crippen molar-refractivity contribution in [1.82, 2.24) is 4.57 Å². The van der Waals surface area contributed by atoms with Crippen molar-refractivity contribution in [3.63, 3.8) is 0 Å². The first-order chi connectivity index (χ1) is 10.2. The van der Waals surface area contributed by atoms with E-state index < -0.39 is 5.97 Å². The number of carbonyl (C=O) groups is 2. The van der Waals surface area contributed by atoms with Crippen LogP contribution in [0.1, 0.15) is 16.1 Å². The SMILES string of the molecule is CO/C=C(/C(=O)OC)n1cccc1C(=O)c1ccccc1. The highest BCUT2D eigenvalue weighted by Gasteiger charge is 2.20. The lowest BCUT2D eigenvalue weighted by Gasteiger charge is -2.10. The molecule has 0 fully saturated rings. The van der Waals surface area contributed by atoms with Gasteiger partial charge in [0.1, 0.15) is 6.26 Å². The average Bonchev–Trinajstić information content (AvgIpc) is 3.01. The summed E-state index contributed by atoms with van der Waals surface area (Å²) < 4.78 is 11.1. The zero-order valence-electron chi connectivity index (χ0n) is 11.8. The summed E-state index contributed by atoms with van der Waals surface area (Å²) in [5.74, 6) is -0.776. The second kappa shape index (κ2) is 6.56. The second-order valence-corrected chi connectivity index (χ2v) is 4.19. The molecule has 5 heteroatoms. The number of nitrogens with zero attached hydrogens (tertiary/aromatic N) is 1. The molecule has 0 amide bonds. The van der Waals surface area contributed by atoms with Crippen LogP contribution >= 0.6 is 0 Å². The van der Waals surface area contributed by atoms with Gasteiger partial charge in [0, 0.05) is 11.8 Å². The third kappa shape index (κ3) is 3.02. The molecule has 0 saturated heterocycles. The van der Waals surface area contributed by atoms with Crippen molar-refractivity contribution in [3.8, 4) is 0 Å². The van der Waals surface area contributed by atoms with Crippen LogP contribution in [-0.2, 0) is 14.3 Å². The van der Waals surface area contributed by atoms with Gasteiger partial charge in [0.15, 0.2) is 5.70 Å². The molecule has 0 bridgehead atoms. The zero-order chi connectivity index (χ0) is 15.2. The van der Waals surface area contributed by atoms with Gasteiger partial charge in [0.25, 0.3) is 0 Å². The van der Waals surface area contributed by atoms with E-state index in [4.69, 9.17) is 9.47 Å². The summed E-state index contributed by atoms with van der Waals surface area (Å²) in [6.45, 7) is 0. The number of hydrogen-bond acceptors (Lipinski definition) is 4. The number of benzene rings is 1. The van der Waals surface area contributed by atoms with Crippen molar-refractivity contribution in [1.29, 1.82) is 0 Å². The van der Waals surface area contributed by atoms with Gasteiger partial charge in [-0.25, -0.2) is 4.79 Å². The number of ketones is 1. The normalized spacial score (nSPS) is 11.0. The molecule has 5 nitrogen and oxygen atoms in total. The minimum absolute atomic E-state index is 0.129. The summed E-state index contributed by atoms with van der Waals surface area (Å²) in [6, 6.07) is 12.2. The van der Waals surface area contributed by atoms with E-state index in [1.165, 1.54) is 25.0 Å². The first-order valence-electron chi connectivity index (χ1n) is 6.27. The quantitative estimate of drug-likeness (QED) is 0.366. The van der Waals surface area contributed by atoms with Crippen LogP contribution < -0.4 is 0 Å². The predicted octanol–water partition coefficient (Wildman–Crippen LogP) is 2.34. The van der Waals surface area contributed by atoms with Crippen molar-refractivity contribution in [2.45, 2.75) is 0 Å². The van der Waals surface area contributed by atoms with E-state index in [2.05, 4.69) is 0 Å². The number of ether oxygens (including phenoxy) is 2. The molecule has 0 saturated carbocycles. The number of esters is 1. The molecule has 0 N–H and O–H groups in total. The Bertz CT molecular complexity index is 671. The molecule has 1 aromatic heterocycles. The van der Waals surface area contributed by atoms with Crippen LogP contribution in [-0.4, -0.2) is 30.5 Å². The topological polar surface area (TPSA) is 57.5 Å². The predicted molar refractivity (Wildman–Crippen MR) is 77.6 cm³/mol. The largest absolute Gasteiger partial charge is 0.502 e. The van der Waals surface area contributed by atoms with Crippen LogP contribution in [0.5, 0.6) is 0 Å². The lowest BCUT2D eigenvalue weighted by Crippen LogP contribution is -2.15. The summed E-state index contributed by atoms with van der Waals surface area (Å²) >= 11 is 0. The number of methoxy groups -OCH3 is 2. The number of aromatic nitrogens is 1. The Labute approximate surface area is 122 Å². The Morgan fingerprint density at radius 2 is 1.76 bits per heavy atom. The van der Waals surface area contributed by atoms with Gasteiger partial charge < -0.3 is 14.0 Å². The molecule has 0 unspecified atom stereocenters. The lowest BCUT2D eigenvalue weighted by atomic mass is 10.1. The maximum atomic E-state index is 12.5. The Kier molecular flexibility index (Phi) is 4.56. The molecule has 0 atom stereocenters. The van der Waals surface area contributed by atoms with Crippen LogP contribution in [0.3, 0.4) is 0 Å². The molecule has 0 aliphatic heterocycles. The van der Waals surface area contributed by atoms with Gasteiger partial charge in [-0.2, -0.15) is 0 Å². The summed E-state index contributed by atoms with van der Waals surface area (Å²) in [7, 11) is 2.69.